The summed E-state index contributed by atoms with van der Waals surface area (Å²) in [5.41, 5.74) is 4.86. The number of rotatable bonds is 13. The van der Waals surface area contributed by atoms with Gasteiger partial charge in [0.1, 0.15) is 0 Å². The Kier molecular flexibility index (Phi) is 10.7. The summed E-state index contributed by atoms with van der Waals surface area (Å²) >= 11 is 0. The first-order valence-electron chi connectivity index (χ1n) is 11.5. The van der Waals surface area contributed by atoms with Crippen LogP contribution in [0.3, 0.4) is 0 Å². The van der Waals surface area contributed by atoms with Crippen LogP contribution in [0.25, 0.3) is 12.2 Å². The van der Waals surface area contributed by atoms with Gasteiger partial charge >= 0.3 is 0 Å². The molecule has 0 saturated heterocycles. The van der Waals surface area contributed by atoms with Gasteiger partial charge in [0.25, 0.3) is 0 Å². The van der Waals surface area contributed by atoms with Gasteiger partial charge in [-0.2, -0.15) is 0 Å². The van der Waals surface area contributed by atoms with Crippen molar-refractivity contribution in [3.05, 3.63) is 108 Å². The van der Waals surface area contributed by atoms with Crippen LogP contribution in [0.5, 0.6) is 0 Å². The van der Waals surface area contributed by atoms with Crippen LogP contribution in [0.1, 0.15) is 63.5 Å². The maximum absolute atomic E-state index is 4.52. The maximum Gasteiger partial charge on any atom is 0.00181 e. The van der Waals surface area contributed by atoms with Gasteiger partial charge in [0, 0.05) is 11.8 Å². The van der Waals surface area contributed by atoms with Crippen molar-refractivity contribution in [1.29, 1.82) is 0 Å². The van der Waals surface area contributed by atoms with Crippen molar-refractivity contribution in [2.75, 3.05) is 0 Å². The quantitative estimate of drug-likeness (QED) is 0.295. The molecule has 0 amide bonds. The minimum Gasteiger partial charge on any atom is -0.0950 e. The van der Waals surface area contributed by atoms with Crippen molar-refractivity contribution < 1.29 is 0 Å². The van der Waals surface area contributed by atoms with Crippen molar-refractivity contribution in [3.8, 4) is 0 Å². The molecule has 0 spiro atoms. The molecule has 2 unspecified atom stereocenters. The molecule has 0 bridgehead atoms. The Bertz CT molecular complexity index is 736. The second-order valence-electron chi connectivity index (χ2n) is 8.09. The zero-order chi connectivity index (χ0) is 21.6. The lowest BCUT2D eigenvalue weighted by atomic mass is 9.81. The Hall–Kier alpha value is -2.60. The molecule has 0 aliphatic heterocycles. The number of benzene rings is 2. The molecule has 2 rings (SSSR count). The molecule has 0 heteroatoms. The van der Waals surface area contributed by atoms with E-state index in [4.69, 9.17) is 0 Å². The molecule has 0 aromatic heterocycles. The van der Waals surface area contributed by atoms with E-state index in [1.165, 1.54) is 48.0 Å². The monoisotopic (exact) mass is 398 g/mol. The molecule has 30 heavy (non-hydrogen) atoms. The minimum atomic E-state index is 0.340. The summed E-state index contributed by atoms with van der Waals surface area (Å²) in [5.74, 6) is 0.679. The van der Waals surface area contributed by atoms with Crippen molar-refractivity contribution in [2.24, 2.45) is 11.8 Å². The van der Waals surface area contributed by atoms with Crippen LogP contribution < -0.4 is 0 Å². The lowest BCUT2D eigenvalue weighted by Crippen LogP contribution is -2.09. The molecule has 0 nitrogen and oxygen atoms in total. The number of hydrogen-bond acceptors (Lipinski definition) is 0. The van der Waals surface area contributed by atoms with Crippen LogP contribution >= 0.6 is 0 Å². The maximum atomic E-state index is 4.52. The van der Waals surface area contributed by atoms with Gasteiger partial charge in [0.15, 0.2) is 0 Å². The van der Waals surface area contributed by atoms with Crippen molar-refractivity contribution >= 4 is 12.2 Å². The first-order valence-corrected chi connectivity index (χ1v) is 11.5. The van der Waals surface area contributed by atoms with Crippen molar-refractivity contribution in [1.82, 2.24) is 0 Å². The molecule has 0 aliphatic carbocycles. The summed E-state index contributed by atoms with van der Waals surface area (Å²) in [6, 6.07) is 21.1. The van der Waals surface area contributed by atoms with Crippen molar-refractivity contribution in [3.63, 3.8) is 0 Å². The summed E-state index contributed by atoms with van der Waals surface area (Å²) in [6.07, 6.45) is 16.2. The van der Waals surface area contributed by atoms with E-state index in [2.05, 4.69) is 112 Å². The fourth-order valence-corrected chi connectivity index (χ4v) is 3.68. The number of allylic oxidation sites excluding steroid dienone is 4. The average Bonchev–Trinajstić information content (AvgIpc) is 2.80. The molecule has 2 aromatic rings. The van der Waals surface area contributed by atoms with Gasteiger partial charge in [0.2, 0.25) is 0 Å². The van der Waals surface area contributed by atoms with Crippen LogP contribution in [0.4, 0.5) is 0 Å². The summed E-state index contributed by atoms with van der Waals surface area (Å²) < 4.78 is 0. The van der Waals surface area contributed by atoms with Crippen LogP contribution in [0.2, 0.25) is 0 Å². The molecule has 0 heterocycles. The molecule has 2 aromatic carbocycles. The lowest BCUT2D eigenvalue weighted by molar-refractivity contribution is 0.585. The Morgan fingerprint density at radius 2 is 1.03 bits per heavy atom. The Labute approximate surface area is 184 Å². The second-order valence-corrected chi connectivity index (χ2v) is 8.09. The molecule has 158 valence electrons. The van der Waals surface area contributed by atoms with Crippen LogP contribution in [0, 0.1) is 11.8 Å². The van der Waals surface area contributed by atoms with Gasteiger partial charge in [-0.15, -0.1) is 0 Å². The first kappa shape index (κ1) is 23.7. The molecule has 0 N–H and O–H groups in total. The van der Waals surface area contributed by atoms with Crippen LogP contribution in [-0.4, -0.2) is 0 Å². The third kappa shape index (κ3) is 8.03. The SMILES string of the molecule is C=C(C(=C)C(/C=C/c1ccccc1)CCCC)C(/C=C/c1ccccc1)CCCC. The van der Waals surface area contributed by atoms with Gasteiger partial charge in [-0.1, -0.05) is 138 Å². The first-order chi connectivity index (χ1) is 14.7. The van der Waals surface area contributed by atoms with E-state index in [0.29, 0.717) is 11.8 Å². The molecule has 0 saturated carbocycles. The molecule has 0 fully saturated rings. The average molecular weight is 399 g/mol. The van der Waals surface area contributed by atoms with E-state index in [1.54, 1.807) is 0 Å². The lowest BCUT2D eigenvalue weighted by Gasteiger charge is -2.23. The van der Waals surface area contributed by atoms with Crippen molar-refractivity contribution in [2.45, 2.75) is 52.4 Å². The molecular formula is C30H38. The van der Waals surface area contributed by atoms with E-state index < -0.39 is 0 Å². The Morgan fingerprint density at radius 3 is 1.37 bits per heavy atom. The summed E-state index contributed by atoms with van der Waals surface area (Å²) in [7, 11) is 0. The van der Waals surface area contributed by atoms with Gasteiger partial charge in [-0.25, -0.2) is 0 Å². The number of unbranched alkanes of at least 4 members (excludes halogenated alkanes) is 2. The van der Waals surface area contributed by atoms with Gasteiger partial charge in [-0.05, 0) is 35.1 Å². The van der Waals surface area contributed by atoms with Crippen LogP contribution in [0.15, 0.2) is 97.1 Å². The Balaban J connectivity index is 2.17. The highest BCUT2D eigenvalue weighted by molar-refractivity contribution is 5.53. The van der Waals surface area contributed by atoms with E-state index in [0.717, 1.165) is 12.8 Å². The normalized spacial score (nSPS) is 13.5. The summed E-state index contributed by atoms with van der Waals surface area (Å²) in [6.45, 7) is 13.5. The highest BCUT2D eigenvalue weighted by atomic mass is 14.2. The fraction of sp³-hybridized carbons (Fsp3) is 0.333. The molecule has 2 atom stereocenters. The number of hydrogen-bond donors (Lipinski definition) is 0. The standard InChI is InChI=1S/C30H38/c1-5-7-19-29(23-21-27-15-11-9-12-16-27)25(3)26(4)30(20-8-6-2)24-22-28-17-13-10-14-18-28/h9-18,21-24,29-30H,3-8,19-20H2,1-2H3/b23-21+,24-22+. The van der Waals surface area contributed by atoms with E-state index in [-0.39, 0.29) is 0 Å². The molecule has 0 aliphatic rings. The zero-order valence-corrected chi connectivity index (χ0v) is 18.9. The Morgan fingerprint density at radius 1 is 0.667 bits per heavy atom. The topological polar surface area (TPSA) is 0 Å². The van der Waals surface area contributed by atoms with Crippen LogP contribution in [-0.2, 0) is 0 Å². The zero-order valence-electron chi connectivity index (χ0n) is 18.9. The minimum absolute atomic E-state index is 0.340. The third-order valence-corrected chi connectivity index (χ3v) is 5.69. The van der Waals surface area contributed by atoms with Gasteiger partial charge < -0.3 is 0 Å². The second kappa shape index (κ2) is 13.6. The molecule has 0 radical (unpaired) electrons. The third-order valence-electron chi connectivity index (χ3n) is 5.69. The summed E-state index contributed by atoms with van der Waals surface area (Å²) in [4.78, 5) is 0. The van der Waals surface area contributed by atoms with E-state index in [9.17, 15) is 0 Å². The fourth-order valence-electron chi connectivity index (χ4n) is 3.68. The summed E-state index contributed by atoms with van der Waals surface area (Å²) in [5, 5.41) is 0. The highest BCUT2D eigenvalue weighted by Gasteiger charge is 2.18. The van der Waals surface area contributed by atoms with Gasteiger partial charge in [-0.3, -0.25) is 0 Å². The van der Waals surface area contributed by atoms with Gasteiger partial charge in [0.05, 0.1) is 0 Å². The smallest absolute Gasteiger partial charge is 0.00181 e. The van der Waals surface area contributed by atoms with E-state index >= 15 is 0 Å². The molecular weight excluding hydrogens is 360 g/mol. The largest absolute Gasteiger partial charge is 0.0950 e. The predicted octanol–water partition coefficient (Wildman–Crippen LogP) is 9.14. The highest BCUT2D eigenvalue weighted by Crippen LogP contribution is 2.32. The van der Waals surface area contributed by atoms with E-state index in [1.807, 2.05) is 0 Å². The predicted molar refractivity (Wildman–Crippen MR) is 135 cm³/mol.